The van der Waals surface area contributed by atoms with Gasteiger partial charge in [0.1, 0.15) is 6.04 Å². The molecule has 2 aliphatic rings. The van der Waals surface area contributed by atoms with E-state index in [1.54, 1.807) is 59.4 Å². The van der Waals surface area contributed by atoms with E-state index in [-0.39, 0.29) is 29.4 Å². The van der Waals surface area contributed by atoms with Crippen LogP contribution in [0.15, 0.2) is 59.0 Å². The number of methoxy groups -OCH3 is 2. The minimum absolute atomic E-state index is 0.0857. The van der Waals surface area contributed by atoms with Gasteiger partial charge in [0.25, 0.3) is 11.8 Å². The Morgan fingerprint density at radius 2 is 1.65 bits per heavy atom. The number of rotatable bonds is 7. The number of hydrogen-bond donors (Lipinski definition) is 1. The van der Waals surface area contributed by atoms with Crippen molar-refractivity contribution in [3.8, 4) is 5.75 Å². The third kappa shape index (κ3) is 5.52. The van der Waals surface area contributed by atoms with E-state index in [0.717, 1.165) is 24.6 Å². The van der Waals surface area contributed by atoms with E-state index >= 15 is 0 Å². The number of benzene rings is 2. The molecule has 0 bridgehead atoms. The van der Waals surface area contributed by atoms with Crippen molar-refractivity contribution in [3.05, 3.63) is 65.9 Å². The number of hydrogen-bond acceptors (Lipinski definition) is 7. The standard InChI is InChI=1S/C30H33N3O7/c1-38-23-10-6-9-21-17-24(40-26(21)23)28(36)32-14-11-30(12-15-32)13-16-33(19-30)25(34)18-22(29(37)39-2)31-27(35)20-7-4-3-5-8-20/h3-10,17,22H,11-16,18-19H2,1-2H3,(H,31,35). The minimum Gasteiger partial charge on any atom is -0.493 e. The summed E-state index contributed by atoms with van der Waals surface area (Å²) in [6, 6.07) is 14.7. The summed E-state index contributed by atoms with van der Waals surface area (Å²) >= 11 is 0. The van der Waals surface area contributed by atoms with Gasteiger partial charge in [0.15, 0.2) is 17.1 Å². The van der Waals surface area contributed by atoms with Crippen LogP contribution in [0.4, 0.5) is 0 Å². The number of nitrogens with zero attached hydrogens (tertiary/aromatic N) is 2. The van der Waals surface area contributed by atoms with Gasteiger partial charge in [-0.15, -0.1) is 0 Å². The van der Waals surface area contributed by atoms with Gasteiger partial charge >= 0.3 is 5.97 Å². The molecular weight excluding hydrogens is 514 g/mol. The fourth-order valence-electron chi connectivity index (χ4n) is 5.67. The van der Waals surface area contributed by atoms with Crippen LogP contribution in [0.2, 0.25) is 0 Å². The lowest BCUT2D eigenvalue weighted by atomic mass is 9.77. The van der Waals surface area contributed by atoms with Crippen molar-refractivity contribution in [2.24, 2.45) is 5.41 Å². The smallest absolute Gasteiger partial charge is 0.328 e. The van der Waals surface area contributed by atoms with Crippen LogP contribution in [0.25, 0.3) is 11.0 Å². The van der Waals surface area contributed by atoms with Gasteiger partial charge in [-0.25, -0.2) is 4.79 Å². The SMILES string of the molecule is COC(=O)C(CC(=O)N1CCC2(CCN(C(=O)c3cc4cccc(OC)c4o3)CC2)C1)NC(=O)c1ccccc1. The zero-order valence-corrected chi connectivity index (χ0v) is 22.7. The summed E-state index contributed by atoms with van der Waals surface area (Å²) in [5.41, 5.74) is 0.862. The third-order valence-electron chi connectivity index (χ3n) is 8.05. The molecule has 10 heteroatoms. The topological polar surface area (TPSA) is 118 Å². The van der Waals surface area contributed by atoms with Gasteiger partial charge in [0, 0.05) is 37.1 Å². The molecule has 0 saturated carbocycles. The number of amides is 3. The molecule has 1 unspecified atom stereocenters. The lowest BCUT2D eigenvalue weighted by Crippen LogP contribution is -2.47. The zero-order chi connectivity index (χ0) is 28.3. The van der Waals surface area contributed by atoms with Crippen LogP contribution in [0, 0.1) is 5.41 Å². The van der Waals surface area contributed by atoms with Crippen LogP contribution in [0.1, 0.15) is 46.6 Å². The van der Waals surface area contributed by atoms with Crippen molar-refractivity contribution in [1.82, 2.24) is 15.1 Å². The summed E-state index contributed by atoms with van der Waals surface area (Å²) in [5, 5.41) is 3.45. The molecule has 2 aliphatic heterocycles. The number of likely N-dealkylation sites (tertiary alicyclic amines) is 2. The molecule has 0 aliphatic carbocycles. The molecule has 2 fully saturated rings. The first-order valence-corrected chi connectivity index (χ1v) is 13.4. The first kappa shape index (κ1) is 27.2. The van der Waals surface area contributed by atoms with Crippen molar-refractivity contribution >= 4 is 34.7 Å². The van der Waals surface area contributed by atoms with Gasteiger partial charge in [-0.1, -0.05) is 30.3 Å². The lowest BCUT2D eigenvalue weighted by Gasteiger charge is -2.39. The van der Waals surface area contributed by atoms with Gasteiger partial charge in [0.2, 0.25) is 5.91 Å². The second-order valence-corrected chi connectivity index (χ2v) is 10.5. The molecule has 1 spiro atoms. The summed E-state index contributed by atoms with van der Waals surface area (Å²) in [6.45, 7) is 2.24. The van der Waals surface area contributed by atoms with Crippen LogP contribution < -0.4 is 10.1 Å². The van der Waals surface area contributed by atoms with Gasteiger partial charge in [-0.3, -0.25) is 14.4 Å². The molecule has 1 atom stereocenters. The fourth-order valence-corrected chi connectivity index (χ4v) is 5.67. The number of carbonyl (C=O) groups excluding carboxylic acids is 4. The summed E-state index contributed by atoms with van der Waals surface area (Å²) in [4.78, 5) is 54.9. The van der Waals surface area contributed by atoms with E-state index in [9.17, 15) is 19.2 Å². The highest BCUT2D eigenvalue weighted by Gasteiger charge is 2.43. The van der Waals surface area contributed by atoms with Crippen LogP contribution >= 0.6 is 0 Å². The van der Waals surface area contributed by atoms with E-state index in [4.69, 9.17) is 13.9 Å². The quantitative estimate of drug-likeness (QED) is 0.451. The van der Waals surface area contributed by atoms with Crippen molar-refractivity contribution in [2.75, 3.05) is 40.4 Å². The average Bonchev–Trinajstić information content (AvgIpc) is 3.61. The molecule has 3 amide bonds. The predicted molar refractivity (Wildman–Crippen MR) is 146 cm³/mol. The number of ether oxygens (including phenoxy) is 2. The predicted octanol–water partition coefficient (Wildman–Crippen LogP) is 3.26. The summed E-state index contributed by atoms with van der Waals surface area (Å²) in [6.07, 6.45) is 2.16. The zero-order valence-electron chi connectivity index (χ0n) is 22.7. The summed E-state index contributed by atoms with van der Waals surface area (Å²) in [7, 11) is 2.80. The molecule has 3 heterocycles. The van der Waals surface area contributed by atoms with Gasteiger partial charge in [0.05, 0.1) is 20.6 Å². The van der Waals surface area contributed by atoms with E-state index < -0.39 is 17.9 Å². The second-order valence-electron chi connectivity index (χ2n) is 10.5. The van der Waals surface area contributed by atoms with Crippen LogP contribution in [-0.4, -0.2) is 79.9 Å². The highest BCUT2D eigenvalue weighted by atomic mass is 16.5. The van der Waals surface area contributed by atoms with Crippen molar-refractivity contribution in [2.45, 2.75) is 31.7 Å². The van der Waals surface area contributed by atoms with Crippen molar-refractivity contribution < 1.29 is 33.1 Å². The number of para-hydroxylation sites is 1. The Kier molecular flexibility index (Phi) is 7.77. The Morgan fingerprint density at radius 1 is 0.950 bits per heavy atom. The van der Waals surface area contributed by atoms with Gasteiger partial charge in [-0.05, 0) is 48.9 Å². The molecular formula is C30H33N3O7. The largest absolute Gasteiger partial charge is 0.493 e. The molecule has 3 aromatic rings. The normalized spacial score (nSPS) is 17.1. The number of fused-ring (bicyclic) bond motifs is 1. The first-order chi connectivity index (χ1) is 19.3. The van der Waals surface area contributed by atoms with E-state index in [1.807, 2.05) is 12.1 Å². The Balaban J connectivity index is 1.17. The number of nitrogens with one attached hydrogen (secondary N) is 1. The Bertz CT molecular complexity index is 1410. The molecule has 210 valence electrons. The number of esters is 1. The Hall–Kier alpha value is -4.34. The van der Waals surface area contributed by atoms with Crippen molar-refractivity contribution in [3.63, 3.8) is 0 Å². The van der Waals surface area contributed by atoms with E-state index in [2.05, 4.69) is 5.32 Å². The Labute approximate surface area is 232 Å². The number of furan rings is 1. The minimum atomic E-state index is -1.08. The Morgan fingerprint density at radius 3 is 2.33 bits per heavy atom. The molecule has 1 aromatic heterocycles. The molecule has 0 radical (unpaired) electrons. The third-order valence-corrected chi connectivity index (χ3v) is 8.05. The molecule has 2 saturated heterocycles. The van der Waals surface area contributed by atoms with Crippen LogP contribution in [0.3, 0.4) is 0 Å². The molecule has 40 heavy (non-hydrogen) atoms. The van der Waals surface area contributed by atoms with E-state index in [0.29, 0.717) is 43.1 Å². The fraction of sp³-hybridized carbons (Fsp3) is 0.400. The van der Waals surface area contributed by atoms with Crippen molar-refractivity contribution in [1.29, 1.82) is 0 Å². The molecule has 1 N–H and O–H groups in total. The average molecular weight is 548 g/mol. The molecule has 5 rings (SSSR count). The molecule has 2 aromatic carbocycles. The summed E-state index contributed by atoms with van der Waals surface area (Å²) < 4.78 is 16.0. The molecule has 10 nitrogen and oxygen atoms in total. The van der Waals surface area contributed by atoms with Gasteiger partial charge < -0.3 is 29.0 Å². The van der Waals surface area contributed by atoms with Crippen LogP contribution in [0.5, 0.6) is 5.75 Å². The highest BCUT2D eigenvalue weighted by Crippen LogP contribution is 2.41. The maximum atomic E-state index is 13.2. The monoisotopic (exact) mass is 547 g/mol. The number of piperidine rings is 1. The highest BCUT2D eigenvalue weighted by molar-refractivity contribution is 5.98. The number of carbonyl (C=O) groups is 4. The maximum absolute atomic E-state index is 13.2. The van der Waals surface area contributed by atoms with Crippen LogP contribution in [-0.2, 0) is 14.3 Å². The maximum Gasteiger partial charge on any atom is 0.328 e. The lowest BCUT2D eigenvalue weighted by molar-refractivity contribution is -0.146. The van der Waals surface area contributed by atoms with Gasteiger partial charge in [-0.2, -0.15) is 0 Å². The first-order valence-electron chi connectivity index (χ1n) is 13.4. The second kappa shape index (κ2) is 11.4. The summed E-state index contributed by atoms with van der Waals surface area (Å²) in [5.74, 6) is -0.614. The van der Waals surface area contributed by atoms with E-state index in [1.165, 1.54) is 7.11 Å².